The molecule has 0 aromatic heterocycles. The second-order valence-electron chi connectivity index (χ2n) is 4.87. The third-order valence-electron chi connectivity index (χ3n) is 3.33. The normalized spacial score (nSPS) is 21.7. The van der Waals surface area contributed by atoms with Crippen molar-refractivity contribution < 1.29 is 4.74 Å². The predicted octanol–water partition coefficient (Wildman–Crippen LogP) is 2.76. The molecule has 3 heteroatoms. The van der Waals surface area contributed by atoms with E-state index in [2.05, 4.69) is 32.0 Å². The zero-order valence-electron chi connectivity index (χ0n) is 10.6. The number of thioether (sulfide) groups is 1. The van der Waals surface area contributed by atoms with Gasteiger partial charge in [-0.1, -0.05) is 17.7 Å². The van der Waals surface area contributed by atoms with Gasteiger partial charge in [-0.05, 0) is 31.9 Å². The average Bonchev–Trinajstić information content (AvgIpc) is 2.81. The number of hydrogen-bond acceptors (Lipinski definition) is 3. The monoisotopic (exact) mass is 251 g/mol. The molecule has 0 amide bonds. The van der Waals surface area contributed by atoms with Crippen LogP contribution in [-0.4, -0.2) is 25.0 Å². The fraction of sp³-hybridized carbons (Fsp3) is 0.571. The average molecular weight is 251 g/mol. The maximum atomic E-state index is 6.21. The van der Waals surface area contributed by atoms with Crippen LogP contribution in [-0.2, 0) is 4.74 Å². The Morgan fingerprint density at radius 3 is 2.94 bits per heavy atom. The first-order valence-electron chi connectivity index (χ1n) is 6.20. The quantitative estimate of drug-likeness (QED) is 0.836. The minimum absolute atomic E-state index is 0.253. The van der Waals surface area contributed by atoms with Crippen LogP contribution in [0.15, 0.2) is 23.1 Å². The molecule has 17 heavy (non-hydrogen) atoms. The van der Waals surface area contributed by atoms with Gasteiger partial charge in [0, 0.05) is 29.2 Å². The van der Waals surface area contributed by atoms with E-state index in [-0.39, 0.29) is 6.04 Å². The zero-order valence-corrected chi connectivity index (χ0v) is 11.4. The first-order valence-corrected chi connectivity index (χ1v) is 7.19. The number of rotatable bonds is 4. The molecule has 2 unspecified atom stereocenters. The van der Waals surface area contributed by atoms with Gasteiger partial charge >= 0.3 is 0 Å². The Bertz CT molecular complexity index is 374. The van der Waals surface area contributed by atoms with Crippen molar-refractivity contribution in [1.82, 2.24) is 0 Å². The van der Waals surface area contributed by atoms with Crippen LogP contribution in [0.4, 0.5) is 0 Å². The number of ether oxygens (including phenoxy) is 1. The van der Waals surface area contributed by atoms with Crippen molar-refractivity contribution in [2.75, 3.05) is 19.0 Å². The van der Waals surface area contributed by atoms with Crippen LogP contribution < -0.4 is 5.73 Å². The van der Waals surface area contributed by atoms with Gasteiger partial charge < -0.3 is 10.5 Å². The Hall–Kier alpha value is -0.510. The van der Waals surface area contributed by atoms with Crippen molar-refractivity contribution in [3.8, 4) is 0 Å². The third-order valence-corrected chi connectivity index (χ3v) is 4.65. The lowest BCUT2D eigenvalue weighted by atomic mass is 10.0. The summed E-state index contributed by atoms with van der Waals surface area (Å²) in [5.41, 5.74) is 8.88. The second-order valence-corrected chi connectivity index (χ2v) is 5.93. The van der Waals surface area contributed by atoms with Gasteiger partial charge in [-0.25, -0.2) is 0 Å². The molecule has 1 fully saturated rings. The van der Waals surface area contributed by atoms with E-state index in [0.29, 0.717) is 5.92 Å². The zero-order chi connectivity index (χ0) is 12.3. The van der Waals surface area contributed by atoms with E-state index in [4.69, 9.17) is 10.5 Å². The highest BCUT2D eigenvalue weighted by atomic mass is 32.2. The summed E-state index contributed by atoms with van der Waals surface area (Å²) >= 11 is 1.87. The number of aryl methyl sites for hydroxylation is 2. The van der Waals surface area contributed by atoms with E-state index in [1.165, 1.54) is 16.0 Å². The van der Waals surface area contributed by atoms with Crippen molar-refractivity contribution in [1.29, 1.82) is 0 Å². The first-order chi connectivity index (χ1) is 8.16. The molecule has 2 rings (SSSR count). The lowest BCUT2D eigenvalue weighted by Crippen LogP contribution is -2.32. The number of benzene rings is 1. The number of hydrogen-bond donors (Lipinski definition) is 1. The molecular weight excluding hydrogens is 230 g/mol. The van der Waals surface area contributed by atoms with Crippen molar-refractivity contribution in [3.05, 3.63) is 29.3 Å². The third kappa shape index (κ3) is 3.47. The smallest absolute Gasteiger partial charge is 0.0510 e. The molecule has 2 atom stereocenters. The molecule has 1 aliphatic heterocycles. The molecule has 2 nitrogen and oxygen atoms in total. The predicted molar refractivity (Wildman–Crippen MR) is 73.5 cm³/mol. The fourth-order valence-corrected chi connectivity index (χ4v) is 3.27. The lowest BCUT2D eigenvalue weighted by molar-refractivity contribution is 0.182. The second kappa shape index (κ2) is 5.89. The molecule has 0 radical (unpaired) electrons. The van der Waals surface area contributed by atoms with Gasteiger partial charge in [-0.3, -0.25) is 0 Å². The van der Waals surface area contributed by atoms with Crippen LogP contribution in [0.25, 0.3) is 0 Å². The van der Waals surface area contributed by atoms with E-state index in [0.717, 1.165) is 25.4 Å². The van der Waals surface area contributed by atoms with Crippen molar-refractivity contribution in [2.24, 2.45) is 11.7 Å². The highest BCUT2D eigenvalue weighted by Crippen LogP contribution is 2.26. The summed E-state index contributed by atoms with van der Waals surface area (Å²) in [4.78, 5) is 1.35. The summed E-state index contributed by atoms with van der Waals surface area (Å²) in [6.45, 7) is 6.02. The van der Waals surface area contributed by atoms with Gasteiger partial charge in [0.2, 0.25) is 0 Å². The highest BCUT2D eigenvalue weighted by molar-refractivity contribution is 7.99. The summed E-state index contributed by atoms with van der Waals surface area (Å²) in [5, 5.41) is 0. The number of nitrogens with two attached hydrogens (primary N) is 1. The summed E-state index contributed by atoms with van der Waals surface area (Å²) in [6, 6.07) is 6.85. The molecule has 2 N–H and O–H groups in total. The molecule has 1 heterocycles. The van der Waals surface area contributed by atoms with Crippen LogP contribution >= 0.6 is 11.8 Å². The molecule has 0 bridgehead atoms. The molecular formula is C14H21NOS. The molecule has 0 aliphatic carbocycles. The summed E-state index contributed by atoms with van der Waals surface area (Å²) in [7, 11) is 0. The molecule has 1 aromatic carbocycles. The standard InChI is InChI=1S/C14H21NOS/c1-10-3-4-14(11(2)7-10)17-9-13(15)12-5-6-16-8-12/h3-4,7,12-13H,5-6,8-9,15H2,1-2H3. The highest BCUT2D eigenvalue weighted by Gasteiger charge is 2.22. The lowest BCUT2D eigenvalue weighted by Gasteiger charge is -2.17. The summed E-state index contributed by atoms with van der Waals surface area (Å²) in [6.07, 6.45) is 1.12. The van der Waals surface area contributed by atoms with E-state index in [1.54, 1.807) is 0 Å². The van der Waals surface area contributed by atoms with E-state index < -0.39 is 0 Å². The Kier molecular flexibility index (Phi) is 4.48. The molecule has 0 spiro atoms. The molecule has 1 aromatic rings. The summed E-state index contributed by atoms with van der Waals surface area (Å²) in [5.74, 6) is 1.53. The van der Waals surface area contributed by atoms with E-state index >= 15 is 0 Å². The van der Waals surface area contributed by atoms with Crippen LogP contribution in [0.5, 0.6) is 0 Å². The van der Waals surface area contributed by atoms with Gasteiger partial charge in [-0.2, -0.15) is 0 Å². The minimum atomic E-state index is 0.253. The van der Waals surface area contributed by atoms with E-state index in [1.807, 2.05) is 11.8 Å². The summed E-state index contributed by atoms with van der Waals surface area (Å²) < 4.78 is 5.38. The largest absolute Gasteiger partial charge is 0.381 e. The molecule has 94 valence electrons. The van der Waals surface area contributed by atoms with Gasteiger partial charge in [0.15, 0.2) is 0 Å². The Morgan fingerprint density at radius 1 is 1.47 bits per heavy atom. The Morgan fingerprint density at radius 2 is 2.29 bits per heavy atom. The minimum Gasteiger partial charge on any atom is -0.381 e. The first kappa shape index (κ1) is 12.9. The Labute approximate surface area is 108 Å². The maximum Gasteiger partial charge on any atom is 0.0510 e. The van der Waals surface area contributed by atoms with Crippen LogP contribution in [0.1, 0.15) is 17.5 Å². The molecule has 1 saturated heterocycles. The van der Waals surface area contributed by atoms with Gasteiger partial charge in [0.25, 0.3) is 0 Å². The topological polar surface area (TPSA) is 35.2 Å². The Balaban J connectivity index is 1.88. The van der Waals surface area contributed by atoms with Crippen molar-refractivity contribution in [2.45, 2.75) is 31.2 Å². The van der Waals surface area contributed by atoms with Crippen molar-refractivity contribution >= 4 is 11.8 Å². The maximum absolute atomic E-state index is 6.21. The SMILES string of the molecule is Cc1ccc(SCC(N)C2CCOC2)c(C)c1. The van der Waals surface area contributed by atoms with Crippen LogP contribution in [0, 0.1) is 19.8 Å². The molecule has 1 aliphatic rings. The van der Waals surface area contributed by atoms with Gasteiger partial charge in [0.05, 0.1) is 6.61 Å². The van der Waals surface area contributed by atoms with Crippen LogP contribution in [0.2, 0.25) is 0 Å². The van der Waals surface area contributed by atoms with E-state index in [9.17, 15) is 0 Å². The fourth-order valence-electron chi connectivity index (χ4n) is 2.17. The van der Waals surface area contributed by atoms with Gasteiger partial charge in [-0.15, -0.1) is 11.8 Å². The van der Waals surface area contributed by atoms with Gasteiger partial charge in [0.1, 0.15) is 0 Å². The van der Waals surface area contributed by atoms with Crippen LogP contribution in [0.3, 0.4) is 0 Å². The van der Waals surface area contributed by atoms with Crippen molar-refractivity contribution in [3.63, 3.8) is 0 Å². The molecule has 0 saturated carbocycles.